The molecule has 15 heavy (non-hydrogen) atoms. The van der Waals surface area contributed by atoms with Gasteiger partial charge in [0.15, 0.2) is 0 Å². The van der Waals surface area contributed by atoms with E-state index in [1.54, 1.807) is 6.07 Å². The molecule has 1 atom stereocenters. The first kappa shape index (κ1) is 10.3. The average molecular weight is 218 g/mol. The number of ether oxygens (including phenoxy) is 1. The van der Waals surface area contributed by atoms with Gasteiger partial charge in [-0.3, -0.25) is 0 Å². The molecular weight excluding hydrogens is 209 g/mol. The average Bonchev–Trinajstić information content (AvgIpc) is 2.46. The minimum Gasteiger partial charge on any atom is -0.508 e. The van der Waals surface area contributed by atoms with Crippen molar-refractivity contribution in [1.82, 2.24) is 0 Å². The molecule has 0 aromatic heterocycles. The van der Waals surface area contributed by atoms with Gasteiger partial charge >= 0.3 is 6.18 Å². The van der Waals surface area contributed by atoms with Gasteiger partial charge in [-0.05, 0) is 23.3 Å². The molecule has 0 radical (unpaired) electrons. The predicted molar refractivity (Wildman–Crippen MR) is 46.3 cm³/mol. The van der Waals surface area contributed by atoms with Crippen LogP contribution < -0.4 is 0 Å². The Balaban J connectivity index is 2.24. The molecule has 0 aliphatic carbocycles. The molecule has 1 aliphatic heterocycles. The second kappa shape index (κ2) is 3.41. The number of rotatable bonds is 1. The van der Waals surface area contributed by atoms with E-state index in [1.165, 1.54) is 12.1 Å². The first-order chi connectivity index (χ1) is 6.96. The molecule has 2 rings (SSSR count). The van der Waals surface area contributed by atoms with Crippen LogP contribution in [0.4, 0.5) is 13.2 Å². The van der Waals surface area contributed by atoms with Crippen molar-refractivity contribution in [3.05, 3.63) is 29.3 Å². The molecule has 2 nitrogen and oxygen atoms in total. The SMILES string of the molecule is Oc1ccc2c(c1)C(CC(F)(F)F)OC2. The lowest BCUT2D eigenvalue weighted by Crippen LogP contribution is -2.13. The zero-order valence-corrected chi connectivity index (χ0v) is 7.71. The summed E-state index contributed by atoms with van der Waals surface area (Å²) in [6, 6.07) is 4.36. The van der Waals surface area contributed by atoms with Gasteiger partial charge in [-0.15, -0.1) is 0 Å². The van der Waals surface area contributed by atoms with Gasteiger partial charge < -0.3 is 9.84 Å². The second-order valence-electron chi connectivity index (χ2n) is 3.50. The fourth-order valence-electron chi connectivity index (χ4n) is 1.67. The van der Waals surface area contributed by atoms with Gasteiger partial charge in [-0.1, -0.05) is 6.07 Å². The van der Waals surface area contributed by atoms with E-state index in [0.29, 0.717) is 11.1 Å². The lowest BCUT2D eigenvalue weighted by molar-refractivity contribution is -0.160. The maximum Gasteiger partial charge on any atom is 0.391 e. The number of benzene rings is 1. The Bertz CT molecular complexity index is 373. The Morgan fingerprint density at radius 3 is 2.80 bits per heavy atom. The normalized spacial score (nSPS) is 20.3. The van der Waals surface area contributed by atoms with Crippen LogP contribution in [0, 0.1) is 0 Å². The van der Waals surface area contributed by atoms with Crippen LogP contribution in [0.25, 0.3) is 0 Å². The molecule has 1 heterocycles. The molecule has 1 aromatic rings. The summed E-state index contributed by atoms with van der Waals surface area (Å²) in [7, 11) is 0. The van der Waals surface area contributed by atoms with Crippen LogP contribution in [0.3, 0.4) is 0 Å². The molecule has 1 N–H and O–H groups in total. The number of phenols is 1. The molecule has 0 spiro atoms. The zero-order chi connectivity index (χ0) is 11.1. The molecule has 0 bridgehead atoms. The Morgan fingerprint density at radius 1 is 1.40 bits per heavy atom. The number of phenolic OH excluding ortho intramolecular Hbond substituents is 1. The van der Waals surface area contributed by atoms with Gasteiger partial charge in [0.05, 0.1) is 19.1 Å². The van der Waals surface area contributed by atoms with Crippen LogP contribution in [-0.2, 0) is 11.3 Å². The number of fused-ring (bicyclic) bond motifs is 1. The van der Waals surface area contributed by atoms with Crippen LogP contribution in [0.1, 0.15) is 23.7 Å². The topological polar surface area (TPSA) is 29.5 Å². The summed E-state index contributed by atoms with van der Waals surface area (Å²) in [5.74, 6) is -0.0357. The minimum absolute atomic E-state index is 0.0357. The van der Waals surface area contributed by atoms with Crippen LogP contribution in [-0.4, -0.2) is 11.3 Å². The Morgan fingerprint density at radius 2 is 2.13 bits per heavy atom. The molecule has 82 valence electrons. The van der Waals surface area contributed by atoms with E-state index in [2.05, 4.69) is 0 Å². The summed E-state index contributed by atoms with van der Waals surface area (Å²) in [4.78, 5) is 0. The quantitative estimate of drug-likeness (QED) is 0.785. The van der Waals surface area contributed by atoms with E-state index < -0.39 is 18.7 Å². The van der Waals surface area contributed by atoms with Crippen LogP contribution in [0.2, 0.25) is 0 Å². The molecule has 1 aromatic carbocycles. The van der Waals surface area contributed by atoms with Gasteiger partial charge in [-0.2, -0.15) is 13.2 Å². The third kappa shape index (κ3) is 2.23. The van der Waals surface area contributed by atoms with Crippen molar-refractivity contribution in [2.45, 2.75) is 25.3 Å². The van der Waals surface area contributed by atoms with Crippen LogP contribution in [0.15, 0.2) is 18.2 Å². The van der Waals surface area contributed by atoms with Crippen molar-refractivity contribution in [1.29, 1.82) is 0 Å². The lowest BCUT2D eigenvalue weighted by atomic mass is 10.0. The molecule has 1 unspecified atom stereocenters. The predicted octanol–water partition coefficient (Wildman–Crippen LogP) is 2.92. The number of hydrogen-bond acceptors (Lipinski definition) is 2. The monoisotopic (exact) mass is 218 g/mol. The fourth-order valence-corrected chi connectivity index (χ4v) is 1.67. The first-order valence-corrected chi connectivity index (χ1v) is 4.46. The van der Waals surface area contributed by atoms with Crippen LogP contribution in [0.5, 0.6) is 5.75 Å². The van der Waals surface area contributed by atoms with Gasteiger partial charge in [0, 0.05) is 0 Å². The molecule has 0 saturated heterocycles. The largest absolute Gasteiger partial charge is 0.508 e. The van der Waals surface area contributed by atoms with Crippen LogP contribution >= 0.6 is 0 Å². The van der Waals surface area contributed by atoms with Crippen molar-refractivity contribution in [3.63, 3.8) is 0 Å². The number of halogens is 3. The van der Waals surface area contributed by atoms with Gasteiger partial charge in [-0.25, -0.2) is 0 Å². The smallest absolute Gasteiger partial charge is 0.391 e. The Kier molecular flexibility index (Phi) is 2.34. The molecule has 1 aliphatic rings. The second-order valence-corrected chi connectivity index (χ2v) is 3.50. The minimum atomic E-state index is -4.25. The highest BCUT2D eigenvalue weighted by Gasteiger charge is 2.36. The maximum atomic E-state index is 12.2. The zero-order valence-electron chi connectivity index (χ0n) is 7.71. The number of hydrogen-bond donors (Lipinski definition) is 1. The molecule has 0 amide bonds. The van der Waals surface area contributed by atoms with E-state index in [0.717, 1.165) is 0 Å². The highest BCUT2D eigenvalue weighted by Crippen LogP contribution is 2.39. The van der Waals surface area contributed by atoms with Crippen molar-refractivity contribution < 1.29 is 23.0 Å². The highest BCUT2D eigenvalue weighted by molar-refractivity contribution is 5.38. The maximum absolute atomic E-state index is 12.2. The van der Waals surface area contributed by atoms with E-state index in [4.69, 9.17) is 4.74 Å². The Hall–Kier alpha value is -1.23. The lowest BCUT2D eigenvalue weighted by Gasteiger charge is -2.13. The number of aromatic hydroxyl groups is 1. The third-order valence-electron chi connectivity index (χ3n) is 2.33. The molecular formula is C10H9F3O2. The molecule has 5 heteroatoms. The molecule has 0 fully saturated rings. The van der Waals surface area contributed by atoms with Gasteiger partial charge in [0.1, 0.15) is 5.75 Å². The number of alkyl halides is 3. The summed E-state index contributed by atoms with van der Waals surface area (Å²) >= 11 is 0. The summed E-state index contributed by atoms with van der Waals surface area (Å²) in [6.45, 7) is 0.177. The summed E-state index contributed by atoms with van der Waals surface area (Å²) < 4.78 is 41.5. The fraction of sp³-hybridized carbons (Fsp3) is 0.400. The summed E-state index contributed by atoms with van der Waals surface area (Å²) in [5, 5.41) is 9.18. The van der Waals surface area contributed by atoms with Crippen molar-refractivity contribution in [2.75, 3.05) is 0 Å². The molecule has 0 saturated carbocycles. The standard InChI is InChI=1S/C10H9F3O2/c11-10(12,13)4-9-8-3-7(14)2-1-6(8)5-15-9/h1-3,9,14H,4-5H2. The van der Waals surface area contributed by atoms with Crippen molar-refractivity contribution >= 4 is 0 Å². The van der Waals surface area contributed by atoms with E-state index in [9.17, 15) is 18.3 Å². The van der Waals surface area contributed by atoms with Crippen molar-refractivity contribution in [2.24, 2.45) is 0 Å². The first-order valence-electron chi connectivity index (χ1n) is 4.46. The van der Waals surface area contributed by atoms with Crippen molar-refractivity contribution in [3.8, 4) is 5.75 Å². The Labute approximate surface area is 84.3 Å². The third-order valence-corrected chi connectivity index (χ3v) is 2.33. The summed E-state index contributed by atoms with van der Waals surface area (Å²) in [5.41, 5.74) is 1.15. The highest BCUT2D eigenvalue weighted by atomic mass is 19.4. The summed E-state index contributed by atoms with van der Waals surface area (Å²) in [6.07, 6.45) is -6.24. The van der Waals surface area contributed by atoms with E-state index in [1.807, 2.05) is 0 Å². The van der Waals surface area contributed by atoms with Gasteiger partial charge in [0.2, 0.25) is 0 Å². The van der Waals surface area contributed by atoms with E-state index >= 15 is 0 Å². The van der Waals surface area contributed by atoms with E-state index in [-0.39, 0.29) is 12.4 Å². The van der Waals surface area contributed by atoms with Gasteiger partial charge in [0.25, 0.3) is 0 Å².